The minimum absolute atomic E-state index is 0.251. The lowest BCUT2D eigenvalue weighted by Gasteiger charge is -2.35. The summed E-state index contributed by atoms with van der Waals surface area (Å²) in [4.78, 5) is 19.5. The Kier molecular flexibility index (Phi) is 5.72. The van der Waals surface area contributed by atoms with E-state index >= 15 is 0 Å². The van der Waals surface area contributed by atoms with E-state index in [1.807, 2.05) is 12.1 Å². The number of nitrogens with zero attached hydrogens (tertiary/aromatic N) is 3. The quantitative estimate of drug-likeness (QED) is 0.678. The molecule has 2 aliphatic heterocycles. The maximum absolute atomic E-state index is 13.0. The summed E-state index contributed by atoms with van der Waals surface area (Å²) in [5, 5.41) is 9.96. The number of fused-ring (bicyclic) bond motifs is 1. The van der Waals surface area contributed by atoms with E-state index in [4.69, 9.17) is 15.2 Å². The van der Waals surface area contributed by atoms with Gasteiger partial charge in [-0.2, -0.15) is 5.26 Å². The summed E-state index contributed by atoms with van der Waals surface area (Å²) in [7, 11) is 1.56. The van der Waals surface area contributed by atoms with Gasteiger partial charge in [0.2, 0.25) is 0 Å². The molecule has 2 N–H and O–H groups in total. The number of rotatable bonds is 4. The zero-order valence-corrected chi connectivity index (χ0v) is 18.2. The number of nitrogens with two attached hydrogens (primary N) is 1. The van der Waals surface area contributed by atoms with E-state index in [-0.39, 0.29) is 11.9 Å². The molecule has 0 amide bonds. The smallest absolute Gasteiger partial charge is 0.338 e. The molecule has 1 atom stereocenters. The maximum Gasteiger partial charge on any atom is 0.338 e. The normalized spacial score (nSPS) is 18.8. The minimum Gasteiger partial charge on any atom is -0.496 e. The van der Waals surface area contributed by atoms with Crippen molar-refractivity contribution in [2.24, 2.45) is 10.7 Å². The molecule has 0 unspecified atom stereocenters. The van der Waals surface area contributed by atoms with Crippen LogP contribution in [0.1, 0.15) is 32.4 Å². The van der Waals surface area contributed by atoms with Crippen molar-refractivity contribution >= 4 is 38.8 Å². The van der Waals surface area contributed by atoms with E-state index in [2.05, 4.69) is 27.0 Å². The zero-order valence-electron chi connectivity index (χ0n) is 15.8. The van der Waals surface area contributed by atoms with Gasteiger partial charge < -0.3 is 15.2 Å². The van der Waals surface area contributed by atoms with E-state index in [9.17, 15) is 10.1 Å². The Morgan fingerprint density at radius 1 is 1.46 bits per heavy atom. The Morgan fingerprint density at radius 3 is 2.79 bits per heavy atom. The number of nitriles is 1. The molecule has 0 aromatic heterocycles. The van der Waals surface area contributed by atoms with Crippen molar-refractivity contribution in [3.8, 4) is 11.8 Å². The molecule has 0 spiro atoms. The van der Waals surface area contributed by atoms with Crippen LogP contribution in [0.25, 0.3) is 0 Å². The fraction of sp³-hybridized carbons (Fsp3) is 0.316. The first-order valence-electron chi connectivity index (χ1n) is 8.49. The second-order valence-corrected chi connectivity index (χ2v) is 8.33. The second-order valence-electron chi connectivity index (χ2n) is 6.43. The van der Waals surface area contributed by atoms with Crippen LogP contribution < -0.4 is 10.5 Å². The summed E-state index contributed by atoms with van der Waals surface area (Å²) in [5.74, 6) is 0.353. The molecule has 3 rings (SSSR count). The van der Waals surface area contributed by atoms with Gasteiger partial charge in [0.25, 0.3) is 0 Å². The van der Waals surface area contributed by atoms with Crippen molar-refractivity contribution in [1.29, 1.82) is 5.26 Å². The van der Waals surface area contributed by atoms with Gasteiger partial charge in [0.05, 0.1) is 24.5 Å². The van der Waals surface area contributed by atoms with Crippen molar-refractivity contribution in [3.05, 3.63) is 50.2 Å². The first-order valence-corrected chi connectivity index (χ1v) is 10.1. The monoisotopic (exact) mass is 462 g/mol. The fourth-order valence-corrected chi connectivity index (χ4v) is 4.39. The average Bonchev–Trinajstić information content (AvgIpc) is 2.95. The first-order chi connectivity index (χ1) is 13.3. The summed E-state index contributed by atoms with van der Waals surface area (Å²) in [6.45, 7) is 5.32. The number of allylic oxidation sites excluding steroid dienone is 2. The lowest BCUT2D eigenvalue weighted by Crippen LogP contribution is -2.39. The number of aliphatic imine (C=N–C) groups is 1. The third-order valence-corrected chi connectivity index (χ3v) is 5.70. The van der Waals surface area contributed by atoms with Crippen LogP contribution >= 0.6 is 27.7 Å². The number of carbonyl (C=O) groups is 1. The SMILES string of the molecule is COc1ccc(Br)cc1[C@H]1C(C(=O)OC(C)C)=C(C)N=C2SC(C#N)=C(N)N21. The van der Waals surface area contributed by atoms with Crippen LogP contribution in [0.5, 0.6) is 5.75 Å². The number of methoxy groups -OCH3 is 1. The highest BCUT2D eigenvalue weighted by Gasteiger charge is 2.44. The summed E-state index contributed by atoms with van der Waals surface area (Å²) < 4.78 is 11.8. The van der Waals surface area contributed by atoms with Gasteiger partial charge >= 0.3 is 5.97 Å². The molecule has 0 saturated carbocycles. The molecule has 2 heterocycles. The highest BCUT2D eigenvalue weighted by molar-refractivity contribution is 9.10. The van der Waals surface area contributed by atoms with Gasteiger partial charge in [0.1, 0.15) is 28.6 Å². The molecule has 0 radical (unpaired) electrons. The third kappa shape index (κ3) is 3.50. The van der Waals surface area contributed by atoms with Gasteiger partial charge in [-0.15, -0.1) is 0 Å². The molecule has 28 heavy (non-hydrogen) atoms. The standard InChI is InChI=1S/C19H19BrN4O3S/c1-9(2)27-18(25)15-10(3)23-19-24(17(22)14(8-21)28-19)16(15)12-7-11(20)5-6-13(12)26-4/h5-7,9,16H,22H2,1-4H3/t16-/m0/s1. The van der Waals surface area contributed by atoms with Gasteiger partial charge in [0.15, 0.2) is 5.17 Å². The Balaban J connectivity index is 2.25. The van der Waals surface area contributed by atoms with Gasteiger partial charge in [-0.3, -0.25) is 4.90 Å². The number of ether oxygens (including phenoxy) is 2. The third-order valence-electron chi connectivity index (χ3n) is 4.23. The van der Waals surface area contributed by atoms with E-state index in [1.165, 1.54) is 11.8 Å². The van der Waals surface area contributed by atoms with Crippen molar-refractivity contribution in [2.75, 3.05) is 7.11 Å². The first kappa shape index (κ1) is 20.3. The largest absolute Gasteiger partial charge is 0.496 e. The van der Waals surface area contributed by atoms with Crippen molar-refractivity contribution < 1.29 is 14.3 Å². The molecule has 2 aliphatic rings. The highest BCUT2D eigenvalue weighted by atomic mass is 79.9. The van der Waals surface area contributed by atoms with Crippen molar-refractivity contribution in [1.82, 2.24) is 4.90 Å². The summed E-state index contributed by atoms with van der Waals surface area (Å²) in [6, 6.07) is 6.98. The molecule has 9 heteroatoms. The molecular weight excluding hydrogens is 444 g/mol. The molecule has 1 aromatic carbocycles. The van der Waals surface area contributed by atoms with Gasteiger partial charge in [-0.1, -0.05) is 15.9 Å². The molecule has 0 bridgehead atoms. The van der Waals surface area contributed by atoms with Crippen LogP contribution in [0.2, 0.25) is 0 Å². The lowest BCUT2D eigenvalue weighted by molar-refractivity contribution is -0.143. The Morgan fingerprint density at radius 2 is 2.18 bits per heavy atom. The number of amidine groups is 1. The van der Waals surface area contributed by atoms with Crippen LogP contribution in [-0.2, 0) is 9.53 Å². The van der Waals surface area contributed by atoms with Gasteiger partial charge in [0, 0.05) is 10.0 Å². The van der Waals surface area contributed by atoms with Crippen molar-refractivity contribution in [2.45, 2.75) is 32.9 Å². The van der Waals surface area contributed by atoms with Crippen LogP contribution in [0.4, 0.5) is 0 Å². The number of hydrogen-bond acceptors (Lipinski definition) is 8. The number of esters is 1. The predicted octanol–water partition coefficient (Wildman–Crippen LogP) is 3.79. The van der Waals surface area contributed by atoms with E-state index < -0.39 is 12.0 Å². The zero-order chi connectivity index (χ0) is 20.6. The number of thioether (sulfide) groups is 1. The molecule has 0 fully saturated rings. The molecule has 0 aliphatic carbocycles. The topological polar surface area (TPSA) is 101 Å². The Bertz CT molecular complexity index is 978. The lowest BCUT2D eigenvalue weighted by atomic mass is 9.93. The fourth-order valence-electron chi connectivity index (χ4n) is 3.09. The van der Waals surface area contributed by atoms with Crippen LogP contribution in [0.3, 0.4) is 0 Å². The van der Waals surface area contributed by atoms with Gasteiger partial charge in [-0.25, -0.2) is 9.79 Å². The van der Waals surface area contributed by atoms with Crippen LogP contribution in [-0.4, -0.2) is 29.3 Å². The predicted molar refractivity (Wildman–Crippen MR) is 111 cm³/mol. The number of hydrogen-bond donors (Lipinski definition) is 1. The minimum atomic E-state index is -0.635. The number of carbonyl (C=O) groups excluding carboxylic acids is 1. The molecule has 7 nitrogen and oxygen atoms in total. The second kappa shape index (κ2) is 7.89. The summed E-state index contributed by atoms with van der Waals surface area (Å²) in [6.07, 6.45) is -0.293. The van der Waals surface area contributed by atoms with E-state index in [0.717, 1.165) is 4.47 Å². The Hall–Kier alpha value is -2.44. The van der Waals surface area contributed by atoms with Gasteiger partial charge in [-0.05, 0) is 50.7 Å². The maximum atomic E-state index is 13.0. The van der Waals surface area contributed by atoms with Crippen LogP contribution in [0, 0.1) is 11.3 Å². The number of benzene rings is 1. The molecule has 1 aromatic rings. The number of halogens is 1. The Labute approximate surface area is 176 Å². The molecular formula is C19H19BrN4O3S. The highest BCUT2D eigenvalue weighted by Crippen LogP contribution is 2.47. The molecule has 146 valence electrons. The van der Waals surface area contributed by atoms with E-state index in [0.29, 0.717) is 32.7 Å². The van der Waals surface area contributed by atoms with E-state index in [1.54, 1.807) is 38.8 Å². The van der Waals surface area contributed by atoms with Crippen molar-refractivity contribution in [3.63, 3.8) is 0 Å². The molecule has 0 saturated heterocycles. The summed E-state index contributed by atoms with van der Waals surface area (Å²) in [5.41, 5.74) is 7.85. The van der Waals surface area contributed by atoms with Crippen LogP contribution in [0.15, 0.2) is 49.7 Å². The summed E-state index contributed by atoms with van der Waals surface area (Å²) >= 11 is 4.66. The average molecular weight is 463 g/mol.